The van der Waals surface area contributed by atoms with Crippen LogP contribution in [0.15, 0.2) is 60.7 Å². The van der Waals surface area contributed by atoms with Crippen LogP contribution in [0.3, 0.4) is 0 Å². The van der Waals surface area contributed by atoms with E-state index >= 15 is 0 Å². The Labute approximate surface area is 316 Å². The number of ether oxygens (including phenoxy) is 2. The molecule has 5 aromatic rings. The predicted octanol–water partition coefficient (Wildman–Crippen LogP) is 5.97. The molecule has 4 heterocycles. The third-order valence-electron chi connectivity index (χ3n) is 11.9. The lowest BCUT2D eigenvalue weighted by Crippen LogP contribution is -2.48. The van der Waals surface area contributed by atoms with Gasteiger partial charge in [0.05, 0.1) is 35.7 Å². The summed E-state index contributed by atoms with van der Waals surface area (Å²) in [4.78, 5) is 71.7. The Hall–Kier alpha value is -6.12. The van der Waals surface area contributed by atoms with Crippen LogP contribution in [0.4, 0.5) is 9.59 Å². The van der Waals surface area contributed by atoms with Crippen molar-refractivity contribution in [1.29, 1.82) is 0 Å². The number of imidazole rings is 2. The van der Waals surface area contributed by atoms with E-state index in [1.807, 2.05) is 70.5 Å². The van der Waals surface area contributed by atoms with Gasteiger partial charge in [-0.25, -0.2) is 19.6 Å². The Morgan fingerprint density at radius 1 is 0.836 bits per heavy atom. The highest BCUT2D eigenvalue weighted by Gasteiger charge is 2.57. The van der Waals surface area contributed by atoms with Gasteiger partial charge in [-0.2, -0.15) is 0 Å². The summed E-state index contributed by atoms with van der Waals surface area (Å²) in [7, 11) is 2.70. The summed E-state index contributed by atoms with van der Waals surface area (Å²) < 4.78 is 11.1. The van der Waals surface area contributed by atoms with Crippen LogP contribution in [0.2, 0.25) is 0 Å². The average Bonchev–Trinajstić information content (AvgIpc) is 3.84. The SMILES string of the molecule is COC(=O)N[C@@H](C)C(=O)N1[C@@H]2C[C@@H]2C[C@H]1c1nc2c(Oc3ccc(-c4ccc5[nH]c([C@@H]6C[C@H]7C[C@H]7N6C(=O)[C@H](C)N(C)C(=O)O)nc5c4)cc3)cccc2[nH]1. The molecule has 0 bridgehead atoms. The molecule has 4 fully saturated rings. The molecule has 0 spiro atoms. The van der Waals surface area contributed by atoms with Gasteiger partial charge in [-0.1, -0.05) is 24.3 Å². The second-order valence-electron chi connectivity index (χ2n) is 15.3. The number of hydrogen-bond acceptors (Lipinski definition) is 8. The molecule has 0 unspecified atom stereocenters. The predicted molar refractivity (Wildman–Crippen MR) is 200 cm³/mol. The Morgan fingerprint density at radius 3 is 2.15 bits per heavy atom. The zero-order chi connectivity index (χ0) is 38.3. The maximum Gasteiger partial charge on any atom is 0.407 e. The Bertz CT molecular complexity index is 2360. The van der Waals surface area contributed by atoms with Crippen LogP contribution in [0.25, 0.3) is 33.2 Å². The van der Waals surface area contributed by atoms with Crippen LogP contribution < -0.4 is 10.1 Å². The number of amides is 4. The van der Waals surface area contributed by atoms with E-state index < -0.39 is 24.3 Å². The maximum atomic E-state index is 13.5. The van der Waals surface area contributed by atoms with Crippen LogP contribution in [0, 0.1) is 11.8 Å². The van der Waals surface area contributed by atoms with E-state index in [4.69, 9.17) is 19.4 Å². The number of carboxylic acid groups (broad SMARTS) is 1. The molecule has 284 valence electrons. The standard InChI is InChI=1S/C40H42N8O7/c1-19(41-39(51)54-4)37(49)47-29-15-23(29)18-32(47)36-43-27-6-5-7-33(34(27)45-36)55-25-11-8-21(9-12-25)22-10-13-26-28(14-22)44-35(42-26)31-17-24-16-30(24)48(31)38(50)20(2)46(3)40(52)53/h5-14,19-20,23-24,29-32H,15-18H2,1-4H3,(H,41,51)(H,42,44)(H,43,45)(H,52,53)/t19-,20-,23+,24+,29+,30+,31-,32-/m0/s1. The smallest absolute Gasteiger partial charge is 0.407 e. The van der Waals surface area contributed by atoms with E-state index in [2.05, 4.69) is 15.3 Å². The Morgan fingerprint density at radius 2 is 1.47 bits per heavy atom. The summed E-state index contributed by atoms with van der Waals surface area (Å²) in [6.07, 6.45) is 1.71. The number of piperidine rings is 2. The van der Waals surface area contributed by atoms with Gasteiger partial charge in [0.25, 0.3) is 0 Å². The van der Waals surface area contributed by atoms with Crippen molar-refractivity contribution in [2.45, 2.75) is 75.8 Å². The van der Waals surface area contributed by atoms with E-state index in [0.717, 1.165) is 58.3 Å². The van der Waals surface area contributed by atoms with Crippen molar-refractivity contribution in [1.82, 2.24) is 40.0 Å². The molecule has 3 aromatic carbocycles. The zero-order valence-corrected chi connectivity index (χ0v) is 30.9. The monoisotopic (exact) mass is 746 g/mol. The van der Waals surface area contributed by atoms with Crippen LogP contribution in [0.1, 0.15) is 63.3 Å². The topological polar surface area (TPSA) is 186 Å². The number of likely N-dealkylation sites (N-methyl/N-ethyl adjacent to an activating group) is 1. The maximum absolute atomic E-state index is 13.5. The third kappa shape index (κ3) is 6.07. The van der Waals surface area contributed by atoms with Crippen molar-refractivity contribution in [3.8, 4) is 22.6 Å². The zero-order valence-electron chi connectivity index (χ0n) is 30.9. The van der Waals surface area contributed by atoms with Gasteiger partial charge < -0.3 is 39.7 Å². The lowest BCUT2D eigenvalue weighted by atomic mass is 10.1. The number of methoxy groups -OCH3 is 1. The molecule has 8 atom stereocenters. The van der Waals surface area contributed by atoms with Crippen LogP contribution in [0.5, 0.6) is 11.5 Å². The summed E-state index contributed by atoms with van der Waals surface area (Å²) in [5.41, 5.74) is 5.06. The lowest BCUT2D eigenvalue weighted by Gasteiger charge is -2.31. The summed E-state index contributed by atoms with van der Waals surface area (Å²) in [6, 6.07) is 17.8. The van der Waals surface area contributed by atoms with Gasteiger partial charge in [0.1, 0.15) is 35.0 Å². The largest absolute Gasteiger partial charge is 0.465 e. The molecular weight excluding hydrogens is 704 g/mol. The van der Waals surface area contributed by atoms with Crippen molar-refractivity contribution < 1.29 is 33.8 Å². The second kappa shape index (κ2) is 13.0. The molecule has 15 heteroatoms. The molecule has 4 amide bonds. The summed E-state index contributed by atoms with van der Waals surface area (Å²) in [5.74, 6) is 3.09. The van der Waals surface area contributed by atoms with Gasteiger partial charge in [0.15, 0.2) is 5.75 Å². The highest BCUT2D eigenvalue weighted by molar-refractivity contribution is 5.88. The first-order chi connectivity index (χ1) is 26.5. The van der Waals surface area contributed by atoms with Crippen molar-refractivity contribution in [2.24, 2.45) is 11.8 Å². The number of carbonyl (C=O) groups excluding carboxylic acids is 3. The van der Waals surface area contributed by atoms with Gasteiger partial charge in [-0.05, 0) is 98.9 Å². The number of rotatable bonds is 9. The number of fused-ring (bicyclic) bond motifs is 4. The highest BCUT2D eigenvalue weighted by Crippen LogP contribution is 2.54. The minimum Gasteiger partial charge on any atom is -0.465 e. The number of likely N-dealkylation sites (tertiary alicyclic amines) is 2. The minimum absolute atomic E-state index is 0.125. The first kappa shape index (κ1) is 34.6. The number of aromatic nitrogens is 4. The summed E-state index contributed by atoms with van der Waals surface area (Å²) in [6.45, 7) is 3.30. The molecule has 15 nitrogen and oxygen atoms in total. The number of aromatic amines is 2. The quantitative estimate of drug-likeness (QED) is 0.141. The van der Waals surface area contributed by atoms with Gasteiger partial charge in [0.2, 0.25) is 11.8 Å². The Kier molecular flexibility index (Phi) is 8.20. The number of carbonyl (C=O) groups is 4. The molecular formula is C40H42N8O7. The van der Waals surface area contributed by atoms with E-state index in [1.165, 1.54) is 14.2 Å². The van der Waals surface area contributed by atoms with Gasteiger partial charge in [-0.15, -0.1) is 0 Å². The van der Waals surface area contributed by atoms with E-state index in [9.17, 15) is 24.3 Å². The van der Waals surface area contributed by atoms with Crippen LogP contribution in [-0.2, 0) is 14.3 Å². The van der Waals surface area contributed by atoms with Crippen LogP contribution in [-0.4, -0.2) is 102 Å². The van der Waals surface area contributed by atoms with Crippen LogP contribution >= 0.6 is 0 Å². The number of benzene rings is 3. The third-order valence-corrected chi connectivity index (χ3v) is 11.9. The van der Waals surface area contributed by atoms with Gasteiger partial charge in [-0.3, -0.25) is 14.5 Å². The number of alkyl carbamates (subject to hydrolysis) is 1. The molecule has 4 N–H and O–H groups in total. The minimum atomic E-state index is -1.13. The molecule has 4 aliphatic rings. The van der Waals surface area contributed by atoms with Crippen molar-refractivity contribution in [3.63, 3.8) is 0 Å². The van der Waals surface area contributed by atoms with E-state index in [-0.39, 0.29) is 36.0 Å². The van der Waals surface area contributed by atoms with Crippen molar-refractivity contribution in [2.75, 3.05) is 14.2 Å². The molecule has 2 saturated carbocycles. The van der Waals surface area contributed by atoms with E-state index in [0.29, 0.717) is 40.5 Å². The normalized spacial score (nSPS) is 24.6. The number of para-hydroxylation sites is 1. The highest BCUT2D eigenvalue weighted by atomic mass is 16.5. The van der Waals surface area contributed by atoms with Crippen molar-refractivity contribution >= 4 is 46.1 Å². The summed E-state index contributed by atoms with van der Waals surface area (Å²) in [5, 5.41) is 12.0. The first-order valence-corrected chi connectivity index (χ1v) is 18.7. The fraction of sp³-hybridized carbons (Fsp3) is 0.400. The fourth-order valence-electron chi connectivity index (χ4n) is 8.57. The molecule has 2 aliphatic carbocycles. The molecule has 2 saturated heterocycles. The number of nitrogens with one attached hydrogen (secondary N) is 3. The number of H-pyrrole nitrogens is 2. The molecule has 2 aliphatic heterocycles. The molecule has 2 aromatic heterocycles. The molecule has 9 rings (SSSR count). The van der Waals surface area contributed by atoms with Gasteiger partial charge >= 0.3 is 12.2 Å². The first-order valence-electron chi connectivity index (χ1n) is 18.7. The second-order valence-corrected chi connectivity index (χ2v) is 15.3. The lowest BCUT2D eigenvalue weighted by molar-refractivity contribution is -0.137. The number of hydrogen-bond donors (Lipinski definition) is 4. The fourth-order valence-corrected chi connectivity index (χ4v) is 8.57. The van der Waals surface area contributed by atoms with E-state index in [1.54, 1.807) is 13.8 Å². The molecule has 55 heavy (non-hydrogen) atoms. The van der Waals surface area contributed by atoms with Gasteiger partial charge in [0, 0.05) is 19.1 Å². The Balaban J connectivity index is 0.908. The summed E-state index contributed by atoms with van der Waals surface area (Å²) >= 11 is 0. The average molecular weight is 747 g/mol. The molecule has 0 radical (unpaired) electrons. The number of nitrogens with zero attached hydrogens (tertiary/aromatic N) is 5. The van der Waals surface area contributed by atoms with Crippen molar-refractivity contribution in [3.05, 3.63) is 72.3 Å².